The number of para-hydroxylation sites is 1. The SMILES string of the molecule is CCc1nc([NH+]2CCC(Cc3ccccc3)CC2)c2oc3ccccc3c2n1. The van der Waals surface area contributed by atoms with Gasteiger partial charge >= 0.3 is 0 Å². The molecule has 1 aliphatic rings. The van der Waals surface area contributed by atoms with Crippen LogP contribution in [-0.4, -0.2) is 23.1 Å². The van der Waals surface area contributed by atoms with Crippen LogP contribution in [0.15, 0.2) is 59.0 Å². The summed E-state index contributed by atoms with van der Waals surface area (Å²) >= 11 is 0. The molecule has 1 aliphatic heterocycles. The van der Waals surface area contributed by atoms with Crippen molar-refractivity contribution in [2.45, 2.75) is 32.6 Å². The van der Waals surface area contributed by atoms with Gasteiger partial charge in [-0.05, 0) is 30.0 Å². The summed E-state index contributed by atoms with van der Waals surface area (Å²) in [6.45, 7) is 4.32. The van der Waals surface area contributed by atoms with E-state index in [1.54, 1.807) is 0 Å². The lowest BCUT2D eigenvalue weighted by Gasteiger charge is -2.28. The minimum Gasteiger partial charge on any atom is -0.446 e. The monoisotopic (exact) mass is 372 g/mol. The Labute approximate surface area is 165 Å². The van der Waals surface area contributed by atoms with Crippen molar-refractivity contribution in [1.82, 2.24) is 9.97 Å². The number of hydrogen-bond acceptors (Lipinski definition) is 3. The molecule has 2 aromatic heterocycles. The van der Waals surface area contributed by atoms with Crippen molar-refractivity contribution in [1.29, 1.82) is 0 Å². The summed E-state index contributed by atoms with van der Waals surface area (Å²) in [4.78, 5) is 11.1. The summed E-state index contributed by atoms with van der Waals surface area (Å²) in [5, 5.41) is 1.09. The van der Waals surface area contributed by atoms with E-state index in [1.165, 1.54) is 29.7 Å². The standard InChI is InChI=1S/C24H25N3O/c1-2-21-25-22-19-10-6-7-11-20(19)28-23(22)24(26-21)27-14-12-18(13-15-27)16-17-8-4-3-5-9-17/h3-11,18H,2,12-16H2,1H3/p+1. The average Bonchev–Trinajstić information content (AvgIpc) is 3.13. The summed E-state index contributed by atoms with van der Waals surface area (Å²) in [5.41, 5.74) is 4.19. The van der Waals surface area contributed by atoms with Crippen LogP contribution in [0, 0.1) is 5.92 Å². The third-order valence-electron chi connectivity index (χ3n) is 5.99. The van der Waals surface area contributed by atoms with Gasteiger partial charge in [0.1, 0.15) is 16.9 Å². The summed E-state index contributed by atoms with van der Waals surface area (Å²) in [7, 11) is 0. The quantitative estimate of drug-likeness (QED) is 0.586. The van der Waals surface area contributed by atoms with Gasteiger partial charge in [0.05, 0.1) is 13.1 Å². The fraction of sp³-hybridized carbons (Fsp3) is 0.333. The maximum atomic E-state index is 6.21. The number of nitrogens with zero attached hydrogens (tertiary/aromatic N) is 2. The molecule has 1 fully saturated rings. The van der Waals surface area contributed by atoms with Crippen LogP contribution >= 0.6 is 0 Å². The molecule has 0 bridgehead atoms. The van der Waals surface area contributed by atoms with Gasteiger partial charge in [0, 0.05) is 24.6 Å². The van der Waals surface area contributed by atoms with Crippen LogP contribution in [0.5, 0.6) is 0 Å². The molecule has 2 aromatic carbocycles. The highest BCUT2D eigenvalue weighted by atomic mass is 16.3. The number of quaternary nitrogens is 1. The Hall–Kier alpha value is -2.72. The van der Waals surface area contributed by atoms with E-state index in [9.17, 15) is 0 Å². The van der Waals surface area contributed by atoms with E-state index >= 15 is 0 Å². The first-order valence-electron chi connectivity index (χ1n) is 10.4. The van der Waals surface area contributed by atoms with E-state index in [0.29, 0.717) is 0 Å². The second-order valence-corrected chi connectivity index (χ2v) is 7.85. The first-order chi connectivity index (χ1) is 13.8. The Morgan fingerprint density at radius 3 is 2.50 bits per heavy atom. The summed E-state index contributed by atoms with van der Waals surface area (Å²) in [6.07, 6.45) is 4.46. The molecular weight excluding hydrogens is 346 g/mol. The van der Waals surface area contributed by atoms with Crippen molar-refractivity contribution in [3.05, 3.63) is 66.0 Å². The fourth-order valence-corrected chi connectivity index (χ4v) is 4.45. The Kier molecular flexibility index (Phi) is 4.57. The number of aryl methyl sites for hydroxylation is 1. The number of rotatable bonds is 4. The van der Waals surface area contributed by atoms with E-state index in [0.717, 1.165) is 59.1 Å². The minimum atomic E-state index is 0.754. The molecular formula is C24H26N3O+. The number of piperidine rings is 1. The van der Waals surface area contributed by atoms with Crippen molar-refractivity contribution in [2.24, 2.45) is 5.92 Å². The number of benzene rings is 2. The molecule has 1 saturated heterocycles. The number of fused-ring (bicyclic) bond motifs is 3. The van der Waals surface area contributed by atoms with Gasteiger partial charge in [-0.2, -0.15) is 4.98 Å². The maximum Gasteiger partial charge on any atom is 0.273 e. The second kappa shape index (κ2) is 7.36. The molecule has 5 rings (SSSR count). The van der Waals surface area contributed by atoms with Crippen LogP contribution in [0.4, 0.5) is 5.82 Å². The molecule has 0 unspecified atom stereocenters. The molecule has 28 heavy (non-hydrogen) atoms. The fourth-order valence-electron chi connectivity index (χ4n) is 4.45. The predicted molar refractivity (Wildman–Crippen MR) is 112 cm³/mol. The molecule has 3 heterocycles. The van der Waals surface area contributed by atoms with Crippen LogP contribution in [0.2, 0.25) is 0 Å². The zero-order valence-electron chi connectivity index (χ0n) is 16.3. The first kappa shape index (κ1) is 17.4. The highest BCUT2D eigenvalue weighted by molar-refractivity contribution is 6.04. The molecule has 1 N–H and O–H groups in total. The largest absolute Gasteiger partial charge is 0.446 e. The molecule has 0 amide bonds. The van der Waals surface area contributed by atoms with Crippen LogP contribution in [-0.2, 0) is 12.8 Å². The van der Waals surface area contributed by atoms with E-state index in [4.69, 9.17) is 14.4 Å². The second-order valence-electron chi connectivity index (χ2n) is 7.85. The molecule has 0 atom stereocenters. The van der Waals surface area contributed by atoms with Gasteiger partial charge in [-0.1, -0.05) is 49.4 Å². The number of aromatic nitrogens is 2. The number of hydrogen-bond donors (Lipinski definition) is 1. The van der Waals surface area contributed by atoms with E-state index in [-0.39, 0.29) is 0 Å². The third-order valence-corrected chi connectivity index (χ3v) is 5.99. The van der Waals surface area contributed by atoms with Crippen molar-refractivity contribution >= 4 is 27.9 Å². The van der Waals surface area contributed by atoms with Crippen molar-refractivity contribution in [3.8, 4) is 0 Å². The highest BCUT2D eigenvalue weighted by Gasteiger charge is 2.29. The topological polar surface area (TPSA) is 43.4 Å². The van der Waals surface area contributed by atoms with Crippen molar-refractivity contribution < 1.29 is 9.32 Å². The number of furan rings is 1. The lowest BCUT2D eigenvalue weighted by atomic mass is 9.90. The Balaban J connectivity index is 1.43. The van der Waals surface area contributed by atoms with E-state index in [2.05, 4.69) is 43.3 Å². The molecule has 0 spiro atoms. The molecule has 0 saturated carbocycles. The Morgan fingerprint density at radius 1 is 0.964 bits per heavy atom. The van der Waals surface area contributed by atoms with E-state index < -0.39 is 0 Å². The first-order valence-corrected chi connectivity index (χ1v) is 10.4. The predicted octanol–water partition coefficient (Wildman–Crippen LogP) is 4.11. The van der Waals surface area contributed by atoms with Gasteiger partial charge in [-0.25, -0.2) is 4.98 Å². The van der Waals surface area contributed by atoms with Gasteiger partial charge in [0.2, 0.25) is 5.58 Å². The maximum absolute atomic E-state index is 6.21. The Bertz CT molecular complexity index is 1090. The average molecular weight is 372 g/mol. The molecule has 4 aromatic rings. The minimum absolute atomic E-state index is 0.754. The number of nitrogens with one attached hydrogen (secondary N) is 1. The molecule has 0 radical (unpaired) electrons. The van der Waals surface area contributed by atoms with Gasteiger partial charge in [0.25, 0.3) is 5.82 Å². The summed E-state index contributed by atoms with van der Waals surface area (Å²) in [6, 6.07) is 19.0. The van der Waals surface area contributed by atoms with Crippen LogP contribution < -0.4 is 4.90 Å². The van der Waals surface area contributed by atoms with Crippen LogP contribution in [0.1, 0.15) is 31.2 Å². The zero-order chi connectivity index (χ0) is 18.9. The normalized spacial score (nSPS) is 20.0. The van der Waals surface area contributed by atoms with Crippen molar-refractivity contribution in [2.75, 3.05) is 13.1 Å². The zero-order valence-corrected chi connectivity index (χ0v) is 16.3. The lowest BCUT2D eigenvalue weighted by molar-refractivity contribution is -0.841. The molecule has 0 aliphatic carbocycles. The van der Waals surface area contributed by atoms with Gasteiger partial charge < -0.3 is 4.42 Å². The Morgan fingerprint density at radius 2 is 1.71 bits per heavy atom. The molecule has 4 nitrogen and oxygen atoms in total. The van der Waals surface area contributed by atoms with E-state index in [1.807, 2.05) is 18.2 Å². The summed E-state index contributed by atoms with van der Waals surface area (Å²) in [5.74, 6) is 2.72. The third kappa shape index (κ3) is 3.18. The lowest BCUT2D eigenvalue weighted by Crippen LogP contribution is -3.08. The summed E-state index contributed by atoms with van der Waals surface area (Å²) < 4.78 is 6.21. The smallest absolute Gasteiger partial charge is 0.273 e. The van der Waals surface area contributed by atoms with Gasteiger partial charge in [0.15, 0.2) is 0 Å². The highest BCUT2D eigenvalue weighted by Crippen LogP contribution is 2.30. The molecule has 142 valence electrons. The van der Waals surface area contributed by atoms with Crippen LogP contribution in [0.25, 0.3) is 22.1 Å². The van der Waals surface area contributed by atoms with Gasteiger partial charge in [-0.3, -0.25) is 4.90 Å². The van der Waals surface area contributed by atoms with Crippen LogP contribution in [0.3, 0.4) is 0 Å². The van der Waals surface area contributed by atoms with Crippen molar-refractivity contribution in [3.63, 3.8) is 0 Å². The molecule has 4 heteroatoms. The van der Waals surface area contributed by atoms with Gasteiger partial charge in [-0.15, -0.1) is 0 Å².